The molecule has 9 nitrogen and oxygen atoms in total. The van der Waals surface area contributed by atoms with Crippen molar-refractivity contribution in [3.05, 3.63) is 22.5 Å². The highest BCUT2D eigenvalue weighted by Gasteiger charge is 2.38. The number of nitrogens with one attached hydrogen (secondary N) is 1. The summed E-state index contributed by atoms with van der Waals surface area (Å²) in [6.45, 7) is 6.61. The molecule has 128 valence electrons. The predicted octanol–water partition coefficient (Wildman–Crippen LogP) is 1.53. The second-order valence-corrected chi connectivity index (χ2v) is 5.93. The van der Waals surface area contributed by atoms with Crippen LogP contribution in [0.4, 0.5) is 5.69 Å². The zero-order chi connectivity index (χ0) is 17.8. The molecule has 0 bridgehead atoms. The van der Waals surface area contributed by atoms with E-state index in [9.17, 15) is 24.8 Å². The van der Waals surface area contributed by atoms with Crippen LogP contribution in [0, 0.1) is 15.5 Å². The summed E-state index contributed by atoms with van der Waals surface area (Å²) in [7, 11) is 0. The van der Waals surface area contributed by atoms with Crippen molar-refractivity contribution in [1.82, 2.24) is 15.1 Å². The SMILES string of the molecule is CCC(CC)(CNC(=O)C(C)(C)n1cc([N+](=O)[O-])cn1)C(=O)O. The highest BCUT2D eigenvalue weighted by Crippen LogP contribution is 2.26. The Labute approximate surface area is 133 Å². The number of hydrogen-bond acceptors (Lipinski definition) is 5. The van der Waals surface area contributed by atoms with Gasteiger partial charge >= 0.3 is 11.7 Å². The number of amides is 1. The van der Waals surface area contributed by atoms with Gasteiger partial charge in [0, 0.05) is 6.54 Å². The summed E-state index contributed by atoms with van der Waals surface area (Å²) < 4.78 is 1.20. The van der Waals surface area contributed by atoms with Crippen LogP contribution in [0.1, 0.15) is 40.5 Å². The van der Waals surface area contributed by atoms with Crippen molar-refractivity contribution in [2.24, 2.45) is 5.41 Å². The van der Waals surface area contributed by atoms with E-state index in [0.717, 1.165) is 6.20 Å². The van der Waals surface area contributed by atoms with Crippen molar-refractivity contribution < 1.29 is 19.6 Å². The number of carbonyl (C=O) groups is 2. The topological polar surface area (TPSA) is 127 Å². The van der Waals surface area contributed by atoms with Crippen molar-refractivity contribution in [3.8, 4) is 0 Å². The number of aromatic nitrogens is 2. The van der Waals surface area contributed by atoms with Gasteiger partial charge in [0.15, 0.2) is 0 Å². The molecule has 0 aliphatic heterocycles. The molecular weight excluding hydrogens is 304 g/mol. The first-order chi connectivity index (χ1) is 10.6. The van der Waals surface area contributed by atoms with Gasteiger partial charge in [-0.3, -0.25) is 24.4 Å². The number of carbonyl (C=O) groups excluding carboxylic acids is 1. The van der Waals surface area contributed by atoms with Gasteiger partial charge in [0.25, 0.3) is 0 Å². The second kappa shape index (κ2) is 6.76. The Kier molecular flexibility index (Phi) is 5.46. The summed E-state index contributed by atoms with van der Waals surface area (Å²) in [5.41, 5.74) is -2.42. The monoisotopic (exact) mass is 326 g/mol. The van der Waals surface area contributed by atoms with E-state index < -0.39 is 27.8 Å². The molecule has 0 aliphatic carbocycles. The lowest BCUT2D eigenvalue weighted by Gasteiger charge is -2.30. The molecule has 1 heterocycles. The van der Waals surface area contributed by atoms with Crippen molar-refractivity contribution in [3.63, 3.8) is 0 Å². The van der Waals surface area contributed by atoms with Crippen LogP contribution in [0.5, 0.6) is 0 Å². The van der Waals surface area contributed by atoms with Gasteiger partial charge < -0.3 is 10.4 Å². The minimum absolute atomic E-state index is 0.0129. The third-order valence-electron chi connectivity index (χ3n) is 4.30. The van der Waals surface area contributed by atoms with E-state index in [1.165, 1.54) is 10.9 Å². The lowest BCUT2D eigenvalue weighted by Crippen LogP contribution is -2.50. The van der Waals surface area contributed by atoms with E-state index in [2.05, 4.69) is 10.4 Å². The van der Waals surface area contributed by atoms with Gasteiger partial charge in [-0.1, -0.05) is 13.8 Å². The zero-order valence-electron chi connectivity index (χ0n) is 13.7. The van der Waals surface area contributed by atoms with Gasteiger partial charge in [-0.25, -0.2) is 0 Å². The minimum atomic E-state index is -1.18. The molecule has 1 rings (SSSR count). The van der Waals surface area contributed by atoms with Crippen molar-refractivity contribution >= 4 is 17.6 Å². The summed E-state index contributed by atoms with van der Waals surface area (Å²) in [5, 5.41) is 26.6. The molecule has 0 aromatic carbocycles. The number of nitro groups is 1. The molecule has 1 aromatic heterocycles. The Hall–Kier alpha value is -2.45. The summed E-state index contributed by atoms with van der Waals surface area (Å²) in [6, 6.07) is 0. The van der Waals surface area contributed by atoms with Gasteiger partial charge in [-0.05, 0) is 26.7 Å². The van der Waals surface area contributed by atoms with Crippen LogP contribution in [0.2, 0.25) is 0 Å². The molecule has 0 saturated heterocycles. The summed E-state index contributed by atoms with van der Waals surface area (Å²) in [4.78, 5) is 34.0. The maximum absolute atomic E-state index is 12.4. The summed E-state index contributed by atoms with van der Waals surface area (Å²) in [5.74, 6) is -1.42. The van der Waals surface area contributed by atoms with Crippen LogP contribution in [0.15, 0.2) is 12.4 Å². The first-order valence-corrected chi connectivity index (χ1v) is 7.32. The van der Waals surface area contributed by atoms with Crippen molar-refractivity contribution in [2.45, 2.75) is 46.1 Å². The highest BCUT2D eigenvalue weighted by atomic mass is 16.6. The molecule has 2 N–H and O–H groups in total. The van der Waals surface area contributed by atoms with E-state index in [1.54, 1.807) is 27.7 Å². The van der Waals surface area contributed by atoms with Crippen LogP contribution < -0.4 is 5.32 Å². The third-order valence-corrected chi connectivity index (χ3v) is 4.30. The fourth-order valence-electron chi connectivity index (χ4n) is 2.16. The van der Waals surface area contributed by atoms with Crippen LogP contribution >= 0.6 is 0 Å². The van der Waals surface area contributed by atoms with Crippen LogP contribution in [0.25, 0.3) is 0 Å². The quantitative estimate of drug-likeness (QED) is 0.551. The number of nitrogens with zero attached hydrogens (tertiary/aromatic N) is 3. The van der Waals surface area contributed by atoms with E-state index in [1.807, 2.05) is 0 Å². The lowest BCUT2D eigenvalue weighted by atomic mass is 9.82. The zero-order valence-corrected chi connectivity index (χ0v) is 13.7. The minimum Gasteiger partial charge on any atom is -0.481 e. The number of carboxylic acids is 1. The summed E-state index contributed by atoms with van der Waals surface area (Å²) in [6.07, 6.45) is 3.00. The molecule has 1 amide bonds. The fraction of sp³-hybridized carbons (Fsp3) is 0.643. The molecule has 23 heavy (non-hydrogen) atoms. The van der Waals surface area contributed by atoms with Crippen LogP contribution in [-0.2, 0) is 15.1 Å². The maximum atomic E-state index is 12.4. The molecule has 0 atom stereocenters. The van der Waals surface area contributed by atoms with Gasteiger partial charge in [0.05, 0.1) is 10.3 Å². The number of aliphatic carboxylic acids is 1. The fourth-order valence-corrected chi connectivity index (χ4v) is 2.16. The molecule has 0 unspecified atom stereocenters. The van der Waals surface area contributed by atoms with Gasteiger partial charge in [0.2, 0.25) is 5.91 Å². The Morgan fingerprint density at radius 3 is 2.35 bits per heavy atom. The van der Waals surface area contributed by atoms with E-state index in [4.69, 9.17) is 0 Å². The molecule has 0 spiro atoms. The van der Waals surface area contributed by atoms with Crippen LogP contribution in [-0.4, -0.2) is 38.2 Å². The highest BCUT2D eigenvalue weighted by molar-refractivity contribution is 5.84. The standard InChI is InChI=1S/C14H22N4O5/c1-5-14(6-2,12(20)21)9-15-11(19)13(3,4)17-8-10(7-16-17)18(22)23/h7-8H,5-6,9H2,1-4H3,(H,15,19)(H,20,21). The Balaban J connectivity index is 2.90. The number of rotatable bonds is 8. The Morgan fingerprint density at radius 2 is 1.96 bits per heavy atom. The van der Waals surface area contributed by atoms with Crippen molar-refractivity contribution in [1.29, 1.82) is 0 Å². The number of hydrogen-bond donors (Lipinski definition) is 2. The van der Waals surface area contributed by atoms with E-state index in [-0.39, 0.29) is 12.2 Å². The average molecular weight is 326 g/mol. The molecule has 0 fully saturated rings. The molecular formula is C14H22N4O5. The maximum Gasteiger partial charge on any atom is 0.311 e. The van der Waals surface area contributed by atoms with Gasteiger partial charge in [-0.15, -0.1) is 0 Å². The Morgan fingerprint density at radius 1 is 1.39 bits per heavy atom. The average Bonchev–Trinajstić information content (AvgIpc) is 2.99. The Bertz CT molecular complexity index is 604. The molecule has 1 aromatic rings. The molecule has 0 aliphatic rings. The third kappa shape index (κ3) is 3.66. The lowest BCUT2D eigenvalue weighted by molar-refractivity contribution is -0.385. The predicted molar refractivity (Wildman–Crippen MR) is 81.9 cm³/mol. The largest absolute Gasteiger partial charge is 0.481 e. The molecule has 0 radical (unpaired) electrons. The summed E-state index contributed by atoms with van der Waals surface area (Å²) >= 11 is 0. The smallest absolute Gasteiger partial charge is 0.311 e. The molecule has 0 saturated carbocycles. The van der Waals surface area contributed by atoms with Crippen LogP contribution in [0.3, 0.4) is 0 Å². The normalized spacial score (nSPS) is 12.0. The first kappa shape index (κ1) is 18.6. The molecule has 9 heteroatoms. The van der Waals surface area contributed by atoms with E-state index in [0.29, 0.717) is 12.8 Å². The van der Waals surface area contributed by atoms with E-state index >= 15 is 0 Å². The van der Waals surface area contributed by atoms with Gasteiger partial charge in [0.1, 0.15) is 17.9 Å². The van der Waals surface area contributed by atoms with Crippen molar-refractivity contribution in [2.75, 3.05) is 6.54 Å². The first-order valence-electron chi connectivity index (χ1n) is 7.32. The van der Waals surface area contributed by atoms with Gasteiger partial charge in [-0.2, -0.15) is 5.10 Å². The number of carboxylic acid groups (broad SMARTS) is 1. The second-order valence-electron chi connectivity index (χ2n) is 5.93.